The van der Waals surface area contributed by atoms with E-state index in [1.54, 1.807) is 6.07 Å². The number of aliphatic hydroxyl groups is 1. The largest absolute Gasteiger partial charge is 0.395 e. The van der Waals surface area contributed by atoms with Gasteiger partial charge in [-0.05, 0) is 53.3 Å². The summed E-state index contributed by atoms with van der Waals surface area (Å²) in [6.45, 7) is 1.73. The molecule has 92 valence electrons. The van der Waals surface area contributed by atoms with Gasteiger partial charge >= 0.3 is 11.8 Å². The Bertz CT molecular complexity index is 435. The number of rotatable bonds is 3. The fraction of sp³-hybridized carbons (Fsp3) is 0.273. The first kappa shape index (κ1) is 13.9. The van der Waals surface area contributed by atoms with Gasteiger partial charge in [-0.15, -0.1) is 0 Å². The van der Waals surface area contributed by atoms with Crippen molar-refractivity contribution in [3.63, 3.8) is 0 Å². The average molecular weight is 348 g/mol. The maximum absolute atomic E-state index is 11.4. The molecule has 0 atom stereocenters. The number of benzene rings is 1. The number of carbonyl (C=O) groups excluding carboxylic acids is 2. The van der Waals surface area contributed by atoms with Crippen LogP contribution in [0.3, 0.4) is 0 Å². The quantitative estimate of drug-likeness (QED) is 0.554. The first-order chi connectivity index (χ1) is 8.04. The first-order valence-electron chi connectivity index (χ1n) is 5.01. The predicted molar refractivity (Wildman–Crippen MR) is 72.6 cm³/mol. The molecule has 0 bridgehead atoms. The molecule has 0 fully saturated rings. The van der Waals surface area contributed by atoms with Crippen LogP contribution in [-0.4, -0.2) is 30.1 Å². The molecule has 0 aliphatic heterocycles. The van der Waals surface area contributed by atoms with Gasteiger partial charge in [0.15, 0.2) is 0 Å². The van der Waals surface area contributed by atoms with Crippen molar-refractivity contribution in [1.29, 1.82) is 0 Å². The Kier molecular flexibility index (Phi) is 5.36. The van der Waals surface area contributed by atoms with E-state index in [0.717, 1.165) is 9.13 Å². The number of aryl methyl sites for hydroxylation is 1. The summed E-state index contributed by atoms with van der Waals surface area (Å²) >= 11 is 2.17. The Hall–Kier alpha value is -1.15. The second-order valence-electron chi connectivity index (χ2n) is 3.39. The lowest BCUT2D eigenvalue weighted by Crippen LogP contribution is -2.36. The van der Waals surface area contributed by atoms with Crippen LogP contribution in [0.2, 0.25) is 0 Å². The van der Waals surface area contributed by atoms with Crippen molar-refractivity contribution in [3.8, 4) is 0 Å². The summed E-state index contributed by atoms with van der Waals surface area (Å²) in [6.07, 6.45) is 0. The van der Waals surface area contributed by atoms with Gasteiger partial charge in [0.2, 0.25) is 0 Å². The third kappa shape index (κ3) is 4.31. The second kappa shape index (κ2) is 6.55. The van der Waals surface area contributed by atoms with E-state index < -0.39 is 11.8 Å². The van der Waals surface area contributed by atoms with E-state index in [-0.39, 0.29) is 13.2 Å². The van der Waals surface area contributed by atoms with Gasteiger partial charge in [0, 0.05) is 15.8 Å². The normalized spacial score (nSPS) is 9.82. The molecule has 0 unspecified atom stereocenters. The van der Waals surface area contributed by atoms with Crippen molar-refractivity contribution in [3.05, 3.63) is 27.3 Å². The molecule has 0 aliphatic rings. The summed E-state index contributed by atoms with van der Waals surface area (Å²) in [5.74, 6) is -1.49. The summed E-state index contributed by atoms with van der Waals surface area (Å²) in [7, 11) is 0. The van der Waals surface area contributed by atoms with Crippen LogP contribution in [0.5, 0.6) is 0 Å². The zero-order valence-corrected chi connectivity index (χ0v) is 11.4. The minimum atomic E-state index is -0.753. The van der Waals surface area contributed by atoms with Gasteiger partial charge < -0.3 is 15.7 Å². The van der Waals surface area contributed by atoms with Crippen molar-refractivity contribution < 1.29 is 14.7 Å². The fourth-order valence-electron chi connectivity index (χ4n) is 1.20. The van der Waals surface area contributed by atoms with Crippen LogP contribution in [-0.2, 0) is 9.59 Å². The molecule has 0 aliphatic carbocycles. The third-order valence-electron chi connectivity index (χ3n) is 2.04. The zero-order valence-electron chi connectivity index (χ0n) is 9.29. The number of aliphatic hydroxyl groups excluding tert-OH is 1. The number of carbonyl (C=O) groups is 2. The summed E-state index contributed by atoms with van der Waals surface area (Å²) in [5, 5.41) is 13.3. The summed E-state index contributed by atoms with van der Waals surface area (Å²) < 4.78 is 1.06. The molecule has 5 nitrogen and oxygen atoms in total. The van der Waals surface area contributed by atoms with Gasteiger partial charge in [0.1, 0.15) is 0 Å². The number of halogens is 1. The third-order valence-corrected chi connectivity index (χ3v) is 2.71. The van der Waals surface area contributed by atoms with Gasteiger partial charge in [-0.25, -0.2) is 0 Å². The standard InChI is InChI=1S/C11H13IN2O3/c1-7-6-8(12)2-3-9(7)14-11(17)10(16)13-4-5-15/h2-3,6,15H,4-5H2,1H3,(H,13,16)(H,14,17). The van der Waals surface area contributed by atoms with E-state index in [1.807, 2.05) is 19.1 Å². The molecule has 0 spiro atoms. The average Bonchev–Trinajstić information content (AvgIpc) is 2.29. The van der Waals surface area contributed by atoms with Crippen LogP contribution in [0.15, 0.2) is 18.2 Å². The van der Waals surface area contributed by atoms with Crippen LogP contribution < -0.4 is 10.6 Å². The van der Waals surface area contributed by atoms with Crippen molar-refractivity contribution in [2.24, 2.45) is 0 Å². The summed E-state index contributed by atoms with van der Waals surface area (Å²) in [4.78, 5) is 22.7. The monoisotopic (exact) mass is 348 g/mol. The van der Waals surface area contributed by atoms with Crippen molar-refractivity contribution in [2.45, 2.75) is 6.92 Å². The molecule has 0 radical (unpaired) electrons. The number of anilines is 1. The fourth-order valence-corrected chi connectivity index (χ4v) is 1.84. The van der Waals surface area contributed by atoms with E-state index in [2.05, 4.69) is 33.2 Å². The minimum absolute atomic E-state index is 0.0674. The molecule has 0 saturated carbocycles. The van der Waals surface area contributed by atoms with Crippen molar-refractivity contribution >= 4 is 40.1 Å². The van der Waals surface area contributed by atoms with Crippen LogP contribution in [0.1, 0.15) is 5.56 Å². The number of amides is 2. The Balaban J connectivity index is 2.64. The molecular formula is C11H13IN2O3. The molecule has 0 aromatic heterocycles. The Morgan fingerprint density at radius 2 is 2.06 bits per heavy atom. The van der Waals surface area contributed by atoms with Gasteiger partial charge in [0.05, 0.1) is 6.61 Å². The molecule has 0 heterocycles. The maximum atomic E-state index is 11.4. The molecule has 1 aromatic rings. The summed E-state index contributed by atoms with van der Waals surface area (Å²) in [6, 6.07) is 5.49. The van der Waals surface area contributed by atoms with Gasteiger partial charge in [-0.1, -0.05) is 0 Å². The van der Waals surface area contributed by atoms with E-state index in [1.165, 1.54) is 0 Å². The van der Waals surface area contributed by atoms with Crippen molar-refractivity contribution in [2.75, 3.05) is 18.5 Å². The molecule has 2 amide bonds. The first-order valence-corrected chi connectivity index (χ1v) is 6.08. The molecule has 3 N–H and O–H groups in total. The molecule has 1 aromatic carbocycles. The van der Waals surface area contributed by atoms with E-state index in [0.29, 0.717) is 5.69 Å². The predicted octanol–water partition coefficient (Wildman–Crippen LogP) is 0.647. The highest BCUT2D eigenvalue weighted by molar-refractivity contribution is 14.1. The van der Waals surface area contributed by atoms with E-state index in [4.69, 9.17) is 5.11 Å². The smallest absolute Gasteiger partial charge is 0.313 e. The van der Waals surface area contributed by atoms with Gasteiger partial charge in [-0.3, -0.25) is 9.59 Å². The van der Waals surface area contributed by atoms with Gasteiger partial charge in [-0.2, -0.15) is 0 Å². The highest BCUT2D eigenvalue weighted by atomic mass is 127. The number of nitrogens with one attached hydrogen (secondary N) is 2. The molecule has 6 heteroatoms. The molecule has 1 rings (SSSR count). The molecule has 0 saturated heterocycles. The van der Waals surface area contributed by atoms with E-state index >= 15 is 0 Å². The van der Waals surface area contributed by atoms with Crippen LogP contribution in [0, 0.1) is 10.5 Å². The lowest BCUT2D eigenvalue weighted by Gasteiger charge is -2.08. The molecule has 17 heavy (non-hydrogen) atoms. The number of hydrogen-bond acceptors (Lipinski definition) is 3. The van der Waals surface area contributed by atoms with E-state index in [9.17, 15) is 9.59 Å². The molecular weight excluding hydrogens is 335 g/mol. The van der Waals surface area contributed by atoms with Crippen LogP contribution in [0.4, 0.5) is 5.69 Å². The SMILES string of the molecule is Cc1cc(I)ccc1NC(=O)C(=O)NCCO. The second-order valence-corrected chi connectivity index (χ2v) is 4.64. The topological polar surface area (TPSA) is 78.4 Å². The lowest BCUT2D eigenvalue weighted by atomic mass is 10.2. The lowest BCUT2D eigenvalue weighted by molar-refractivity contribution is -0.136. The van der Waals surface area contributed by atoms with Crippen LogP contribution in [0.25, 0.3) is 0 Å². The zero-order chi connectivity index (χ0) is 12.8. The Morgan fingerprint density at radius 1 is 1.35 bits per heavy atom. The van der Waals surface area contributed by atoms with Crippen molar-refractivity contribution in [1.82, 2.24) is 5.32 Å². The Labute approximate surface area is 113 Å². The Morgan fingerprint density at radius 3 is 2.65 bits per heavy atom. The summed E-state index contributed by atoms with van der Waals surface area (Å²) in [5.41, 5.74) is 1.50. The maximum Gasteiger partial charge on any atom is 0.313 e. The van der Waals surface area contributed by atoms with Crippen LogP contribution >= 0.6 is 22.6 Å². The highest BCUT2D eigenvalue weighted by Crippen LogP contribution is 2.17. The van der Waals surface area contributed by atoms with Gasteiger partial charge in [0.25, 0.3) is 0 Å². The minimum Gasteiger partial charge on any atom is -0.395 e. The number of hydrogen-bond donors (Lipinski definition) is 3. The highest BCUT2D eigenvalue weighted by Gasteiger charge is 2.13.